The van der Waals surface area contributed by atoms with E-state index in [2.05, 4.69) is 33.0 Å². The number of rotatable bonds is 4. The normalized spacial score (nSPS) is 24.6. The van der Waals surface area contributed by atoms with Crippen molar-refractivity contribution in [2.75, 3.05) is 20.2 Å². The Hall–Kier alpha value is -1.00. The van der Waals surface area contributed by atoms with Gasteiger partial charge in [0, 0.05) is 24.5 Å². The molecule has 0 amide bonds. The zero-order chi connectivity index (χ0) is 14.8. The first-order valence-corrected chi connectivity index (χ1v) is 7.62. The molecule has 1 fully saturated rings. The van der Waals surface area contributed by atoms with Gasteiger partial charge in [0.15, 0.2) is 5.82 Å². The van der Waals surface area contributed by atoms with Gasteiger partial charge in [-0.05, 0) is 58.6 Å². The van der Waals surface area contributed by atoms with Gasteiger partial charge < -0.3 is 10.1 Å². The van der Waals surface area contributed by atoms with Crippen molar-refractivity contribution in [3.8, 4) is 0 Å². The smallest absolute Gasteiger partial charge is 0.160 e. The van der Waals surface area contributed by atoms with E-state index < -0.39 is 0 Å². The Balaban J connectivity index is 2.34. The highest BCUT2D eigenvalue weighted by Gasteiger charge is 2.33. The molecule has 0 bridgehead atoms. The molecular weight excluding hydrogens is 250 g/mol. The highest BCUT2D eigenvalue weighted by atomic mass is 16.5. The molecule has 0 saturated carbocycles. The summed E-state index contributed by atoms with van der Waals surface area (Å²) in [7, 11) is 1.98. The molecule has 1 aromatic heterocycles. The quantitative estimate of drug-likeness (QED) is 0.919. The minimum atomic E-state index is -0.307. The SMILES string of the molecule is CNCC(C)c1c(C)nc(C2(C)CCCCO2)nc1C. The molecule has 1 saturated heterocycles. The molecule has 2 heterocycles. The van der Waals surface area contributed by atoms with Crippen LogP contribution in [0.3, 0.4) is 0 Å². The lowest BCUT2D eigenvalue weighted by molar-refractivity contribution is -0.0762. The van der Waals surface area contributed by atoms with Gasteiger partial charge in [-0.25, -0.2) is 9.97 Å². The third kappa shape index (κ3) is 3.01. The van der Waals surface area contributed by atoms with E-state index in [-0.39, 0.29) is 5.60 Å². The fourth-order valence-corrected chi connectivity index (χ4v) is 3.19. The van der Waals surface area contributed by atoms with E-state index in [0.29, 0.717) is 5.92 Å². The standard InChI is InChI=1S/C16H27N3O/c1-11(10-17-5)14-12(2)18-15(19-13(14)3)16(4)8-6-7-9-20-16/h11,17H,6-10H2,1-5H3. The lowest BCUT2D eigenvalue weighted by Crippen LogP contribution is -2.33. The summed E-state index contributed by atoms with van der Waals surface area (Å²) in [5.74, 6) is 1.28. The molecule has 4 heteroatoms. The molecule has 1 aliphatic heterocycles. The Labute approximate surface area is 122 Å². The topological polar surface area (TPSA) is 47.0 Å². The van der Waals surface area contributed by atoms with Crippen LogP contribution in [-0.4, -0.2) is 30.2 Å². The summed E-state index contributed by atoms with van der Waals surface area (Å²) >= 11 is 0. The van der Waals surface area contributed by atoms with Crippen molar-refractivity contribution < 1.29 is 4.74 Å². The van der Waals surface area contributed by atoms with E-state index in [0.717, 1.165) is 43.2 Å². The molecular formula is C16H27N3O. The van der Waals surface area contributed by atoms with E-state index in [9.17, 15) is 0 Å². The van der Waals surface area contributed by atoms with Crippen LogP contribution in [0, 0.1) is 13.8 Å². The monoisotopic (exact) mass is 277 g/mol. The van der Waals surface area contributed by atoms with Gasteiger partial charge >= 0.3 is 0 Å². The van der Waals surface area contributed by atoms with Crippen molar-refractivity contribution in [1.29, 1.82) is 0 Å². The van der Waals surface area contributed by atoms with Crippen LogP contribution in [0.4, 0.5) is 0 Å². The van der Waals surface area contributed by atoms with Gasteiger partial charge in [-0.15, -0.1) is 0 Å². The van der Waals surface area contributed by atoms with E-state index in [1.165, 1.54) is 12.0 Å². The second kappa shape index (κ2) is 6.19. The van der Waals surface area contributed by atoms with E-state index >= 15 is 0 Å². The van der Waals surface area contributed by atoms with Gasteiger partial charge in [-0.3, -0.25) is 0 Å². The maximum absolute atomic E-state index is 5.97. The maximum atomic E-state index is 5.97. The molecule has 112 valence electrons. The van der Waals surface area contributed by atoms with Crippen molar-refractivity contribution in [3.05, 3.63) is 22.8 Å². The number of hydrogen-bond donors (Lipinski definition) is 1. The molecule has 0 spiro atoms. The third-order valence-corrected chi connectivity index (χ3v) is 4.27. The molecule has 1 aliphatic rings. The first-order chi connectivity index (χ1) is 9.48. The van der Waals surface area contributed by atoms with Gasteiger partial charge in [0.05, 0.1) is 0 Å². The zero-order valence-corrected chi connectivity index (χ0v) is 13.4. The summed E-state index contributed by atoms with van der Waals surface area (Å²) in [6.07, 6.45) is 3.35. The third-order valence-electron chi connectivity index (χ3n) is 4.27. The second-order valence-electron chi connectivity index (χ2n) is 6.13. The Morgan fingerprint density at radius 2 is 1.90 bits per heavy atom. The Morgan fingerprint density at radius 1 is 1.25 bits per heavy atom. The first kappa shape index (κ1) is 15.4. The Morgan fingerprint density at radius 3 is 2.40 bits per heavy atom. The van der Waals surface area contributed by atoms with Crippen LogP contribution in [0.5, 0.6) is 0 Å². The number of nitrogens with zero attached hydrogens (tertiary/aromatic N) is 2. The molecule has 0 aliphatic carbocycles. The van der Waals surface area contributed by atoms with Gasteiger partial charge in [0.25, 0.3) is 0 Å². The number of ether oxygens (including phenoxy) is 1. The Kier molecular flexibility index (Phi) is 4.76. The fraction of sp³-hybridized carbons (Fsp3) is 0.750. The summed E-state index contributed by atoms with van der Waals surface area (Å²) < 4.78 is 5.97. The highest BCUT2D eigenvalue weighted by molar-refractivity contribution is 5.29. The summed E-state index contributed by atoms with van der Waals surface area (Å²) in [4.78, 5) is 9.54. The molecule has 4 nitrogen and oxygen atoms in total. The van der Waals surface area contributed by atoms with Crippen molar-refractivity contribution in [2.45, 2.75) is 58.5 Å². The maximum Gasteiger partial charge on any atom is 0.160 e. The van der Waals surface area contributed by atoms with Gasteiger partial charge in [-0.2, -0.15) is 0 Å². The minimum Gasteiger partial charge on any atom is -0.367 e. The summed E-state index contributed by atoms with van der Waals surface area (Å²) in [6, 6.07) is 0. The first-order valence-electron chi connectivity index (χ1n) is 7.62. The summed E-state index contributed by atoms with van der Waals surface area (Å²) in [5, 5.41) is 3.23. The van der Waals surface area contributed by atoms with Crippen molar-refractivity contribution >= 4 is 0 Å². The lowest BCUT2D eigenvalue weighted by atomic mass is 9.93. The van der Waals surface area contributed by atoms with Crippen molar-refractivity contribution in [3.63, 3.8) is 0 Å². The van der Waals surface area contributed by atoms with Crippen LogP contribution in [-0.2, 0) is 10.3 Å². The molecule has 2 atom stereocenters. The van der Waals surface area contributed by atoms with Gasteiger partial charge in [0.1, 0.15) is 5.60 Å². The van der Waals surface area contributed by atoms with E-state index in [1.807, 2.05) is 7.05 Å². The highest BCUT2D eigenvalue weighted by Crippen LogP contribution is 2.34. The summed E-state index contributed by atoms with van der Waals surface area (Å²) in [6.45, 7) is 10.3. The van der Waals surface area contributed by atoms with Gasteiger partial charge in [-0.1, -0.05) is 6.92 Å². The van der Waals surface area contributed by atoms with Crippen molar-refractivity contribution in [1.82, 2.24) is 15.3 Å². The molecule has 2 rings (SSSR count). The van der Waals surface area contributed by atoms with Crippen LogP contribution in [0.15, 0.2) is 0 Å². The van der Waals surface area contributed by atoms with Crippen LogP contribution in [0.25, 0.3) is 0 Å². The molecule has 20 heavy (non-hydrogen) atoms. The van der Waals surface area contributed by atoms with E-state index in [1.54, 1.807) is 0 Å². The molecule has 1 N–H and O–H groups in total. The Bertz CT molecular complexity index is 444. The van der Waals surface area contributed by atoms with Gasteiger partial charge in [0.2, 0.25) is 0 Å². The number of hydrogen-bond acceptors (Lipinski definition) is 4. The number of aromatic nitrogens is 2. The molecule has 2 unspecified atom stereocenters. The number of nitrogens with one attached hydrogen (secondary N) is 1. The minimum absolute atomic E-state index is 0.307. The fourth-order valence-electron chi connectivity index (χ4n) is 3.19. The predicted molar refractivity (Wildman–Crippen MR) is 81.0 cm³/mol. The molecule has 0 radical (unpaired) electrons. The average molecular weight is 277 g/mol. The molecule has 0 aromatic carbocycles. The largest absolute Gasteiger partial charge is 0.367 e. The van der Waals surface area contributed by atoms with Crippen LogP contribution in [0.2, 0.25) is 0 Å². The van der Waals surface area contributed by atoms with Crippen LogP contribution >= 0.6 is 0 Å². The summed E-state index contributed by atoms with van der Waals surface area (Å²) in [5.41, 5.74) is 3.14. The van der Waals surface area contributed by atoms with Crippen molar-refractivity contribution in [2.24, 2.45) is 0 Å². The van der Waals surface area contributed by atoms with Crippen LogP contribution in [0.1, 0.15) is 61.8 Å². The van der Waals surface area contributed by atoms with E-state index in [4.69, 9.17) is 14.7 Å². The predicted octanol–water partition coefficient (Wildman–Crippen LogP) is 2.83. The molecule has 1 aromatic rings. The number of likely N-dealkylation sites (N-methyl/N-ethyl adjacent to an activating group) is 1. The number of aryl methyl sites for hydroxylation is 2. The lowest BCUT2D eigenvalue weighted by Gasteiger charge is -2.33. The second-order valence-corrected chi connectivity index (χ2v) is 6.13. The zero-order valence-electron chi connectivity index (χ0n) is 13.4. The average Bonchev–Trinajstić information content (AvgIpc) is 2.39. The van der Waals surface area contributed by atoms with Crippen LogP contribution < -0.4 is 5.32 Å².